The summed E-state index contributed by atoms with van der Waals surface area (Å²) in [6, 6.07) is 12.1. The first-order valence-electron chi connectivity index (χ1n) is 7.00. The van der Waals surface area contributed by atoms with Crippen LogP contribution in [-0.4, -0.2) is 5.97 Å². The van der Waals surface area contributed by atoms with Gasteiger partial charge in [-0.2, -0.15) is 0 Å². The minimum Gasteiger partial charge on any atom is -0.423 e. The van der Waals surface area contributed by atoms with Crippen molar-refractivity contribution in [1.29, 1.82) is 0 Å². The lowest BCUT2D eigenvalue weighted by molar-refractivity contribution is 0.0735. The van der Waals surface area contributed by atoms with Crippen LogP contribution < -0.4 is 9.68 Å². The Hall–Kier alpha value is -2.66. The summed E-state index contributed by atoms with van der Waals surface area (Å²) >= 11 is 1.01. The van der Waals surface area contributed by atoms with Gasteiger partial charge >= 0.3 is 10.9 Å². The molecule has 116 valence electrons. The summed E-state index contributed by atoms with van der Waals surface area (Å²) in [5, 5.41) is 0. The van der Waals surface area contributed by atoms with E-state index in [1.807, 2.05) is 19.1 Å². The summed E-state index contributed by atoms with van der Waals surface area (Å²) in [7, 11) is 0. The zero-order valence-electron chi connectivity index (χ0n) is 12.5. The third kappa shape index (κ3) is 3.57. The molecule has 5 heteroatoms. The molecule has 3 rings (SSSR count). The SMILES string of the molecule is C=C(C)Cc1cccc(C(=O)Oc2ccc3sc(=O)oc3c2)c1. The van der Waals surface area contributed by atoms with Crippen LogP contribution in [0.4, 0.5) is 0 Å². The third-order valence-electron chi connectivity index (χ3n) is 3.18. The molecule has 0 unspecified atom stereocenters. The number of fused-ring (bicyclic) bond motifs is 1. The predicted octanol–water partition coefficient (Wildman–Crippen LogP) is 4.19. The van der Waals surface area contributed by atoms with Crippen LogP contribution in [-0.2, 0) is 6.42 Å². The fourth-order valence-electron chi connectivity index (χ4n) is 2.24. The van der Waals surface area contributed by atoms with Gasteiger partial charge in [0, 0.05) is 6.07 Å². The molecule has 0 N–H and O–H groups in total. The normalized spacial score (nSPS) is 10.7. The van der Waals surface area contributed by atoms with Gasteiger partial charge in [-0.15, -0.1) is 0 Å². The van der Waals surface area contributed by atoms with E-state index in [1.165, 1.54) is 0 Å². The fraction of sp³-hybridized carbons (Fsp3) is 0.111. The zero-order valence-corrected chi connectivity index (χ0v) is 13.3. The van der Waals surface area contributed by atoms with Crippen LogP contribution >= 0.6 is 11.3 Å². The molecule has 0 aliphatic heterocycles. The lowest BCUT2D eigenvalue weighted by atomic mass is 10.0. The predicted molar refractivity (Wildman–Crippen MR) is 90.3 cm³/mol. The van der Waals surface area contributed by atoms with Crippen molar-refractivity contribution < 1.29 is 13.9 Å². The van der Waals surface area contributed by atoms with Crippen molar-refractivity contribution in [3.05, 3.63) is 75.5 Å². The van der Waals surface area contributed by atoms with E-state index in [0.29, 0.717) is 23.3 Å². The average Bonchev–Trinajstić information content (AvgIpc) is 2.86. The van der Waals surface area contributed by atoms with E-state index in [4.69, 9.17) is 9.15 Å². The summed E-state index contributed by atoms with van der Waals surface area (Å²) in [6.45, 7) is 5.81. The van der Waals surface area contributed by atoms with Crippen LogP contribution in [0.5, 0.6) is 5.75 Å². The van der Waals surface area contributed by atoms with Crippen LogP contribution in [0.1, 0.15) is 22.8 Å². The van der Waals surface area contributed by atoms with Crippen LogP contribution in [0.25, 0.3) is 10.3 Å². The maximum atomic E-state index is 12.3. The molecule has 0 aliphatic carbocycles. The number of carbonyl (C=O) groups is 1. The van der Waals surface area contributed by atoms with Gasteiger partial charge in [0.2, 0.25) is 0 Å². The van der Waals surface area contributed by atoms with E-state index in [9.17, 15) is 9.59 Å². The second kappa shape index (κ2) is 6.22. The number of hydrogen-bond acceptors (Lipinski definition) is 5. The largest absolute Gasteiger partial charge is 0.423 e. The molecule has 0 saturated heterocycles. The number of hydrogen-bond donors (Lipinski definition) is 0. The Morgan fingerprint density at radius 3 is 2.87 bits per heavy atom. The van der Waals surface area contributed by atoms with Crippen LogP contribution in [0, 0.1) is 0 Å². The van der Waals surface area contributed by atoms with Crippen molar-refractivity contribution in [3.8, 4) is 5.75 Å². The highest BCUT2D eigenvalue weighted by molar-refractivity contribution is 7.16. The van der Waals surface area contributed by atoms with E-state index in [1.54, 1.807) is 30.3 Å². The van der Waals surface area contributed by atoms with Gasteiger partial charge in [-0.1, -0.05) is 35.6 Å². The van der Waals surface area contributed by atoms with Gasteiger partial charge < -0.3 is 9.15 Å². The molecule has 0 radical (unpaired) electrons. The van der Waals surface area contributed by atoms with Crippen molar-refractivity contribution in [1.82, 2.24) is 0 Å². The van der Waals surface area contributed by atoms with E-state index < -0.39 is 5.97 Å². The molecule has 0 aliphatic rings. The minimum absolute atomic E-state index is 0.342. The zero-order chi connectivity index (χ0) is 16.4. The van der Waals surface area contributed by atoms with Gasteiger partial charge in [0.1, 0.15) is 5.75 Å². The van der Waals surface area contributed by atoms with Crippen LogP contribution in [0.3, 0.4) is 0 Å². The smallest absolute Gasteiger partial charge is 0.396 e. The first-order chi connectivity index (χ1) is 11.0. The van der Waals surface area contributed by atoms with Gasteiger partial charge in [-0.05, 0) is 43.2 Å². The molecule has 0 amide bonds. The van der Waals surface area contributed by atoms with E-state index in [2.05, 4.69) is 6.58 Å². The summed E-state index contributed by atoms with van der Waals surface area (Å²) in [5.41, 5.74) is 2.91. The summed E-state index contributed by atoms with van der Waals surface area (Å²) < 4.78 is 11.1. The standard InChI is InChI=1S/C18H14O4S/c1-11(2)8-12-4-3-5-13(9-12)17(19)21-14-6-7-16-15(10-14)22-18(20)23-16/h3-7,9-10H,1,8H2,2H3. The molecule has 23 heavy (non-hydrogen) atoms. The molecule has 1 aromatic heterocycles. The maximum Gasteiger partial charge on any atom is 0.396 e. The summed E-state index contributed by atoms with van der Waals surface area (Å²) in [4.78, 5) is 23.1. The van der Waals surface area contributed by atoms with Crippen LogP contribution in [0.15, 0.2) is 63.8 Å². The topological polar surface area (TPSA) is 56.5 Å². The quantitative estimate of drug-likeness (QED) is 0.410. The van der Waals surface area contributed by atoms with Crippen molar-refractivity contribution in [2.75, 3.05) is 0 Å². The van der Waals surface area contributed by atoms with Crippen molar-refractivity contribution in [3.63, 3.8) is 0 Å². The highest BCUT2D eigenvalue weighted by Gasteiger charge is 2.11. The Balaban J connectivity index is 1.82. The van der Waals surface area contributed by atoms with Gasteiger partial charge in [-0.3, -0.25) is 0 Å². The van der Waals surface area contributed by atoms with Gasteiger partial charge in [0.15, 0.2) is 5.58 Å². The van der Waals surface area contributed by atoms with E-state index in [-0.39, 0.29) is 4.94 Å². The second-order valence-electron chi connectivity index (χ2n) is 5.29. The molecular formula is C18H14O4S. The van der Waals surface area contributed by atoms with Gasteiger partial charge in [0.25, 0.3) is 0 Å². The van der Waals surface area contributed by atoms with Crippen molar-refractivity contribution >= 4 is 27.6 Å². The highest BCUT2D eigenvalue weighted by Crippen LogP contribution is 2.23. The number of esters is 1. The maximum absolute atomic E-state index is 12.3. The summed E-state index contributed by atoms with van der Waals surface area (Å²) in [6.07, 6.45) is 0.715. The Labute approximate surface area is 136 Å². The number of allylic oxidation sites excluding steroid dienone is 1. The molecule has 0 atom stereocenters. The van der Waals surface area contributed by atoms with Gasteiger partial charge in [-0.25, -0.2) is 9.59 Å². The van der Waals surface area contributed by atoms with E-state index >= 15 is 0 Å². The molecule has 2 aromatic carbocycles. The van der Waals surface area contributed by atoms with Crippen molar-refractivity contribution in [2.45, 2.75) is 13.3 Å². The average molecular weight is 326 g/mol. The first-order valence-corrected chi connectivity index (χ1v) is 7.82. The van der Waals surface area contributed by atoms with Crippen molar-refractivity contribution in [2.24, 2.45) is 0 Å². The fourth-order valence-corrected chi connectivity index (χ4v) is 2.89. The minimum atomic E-state index is -0.453. The summed E-state index contributed by atoms with van der Waals surface area (Å²) in [5.74, 6) is -0.111. The van der Waals surface area contributed by atoms with Gasteiger partial charge in [0.05, 0.1) is 10.3 Å². The van der Waals surface area contributed by atoms with Crippen LogP contribution in [0.2, 0.25) is 0 Å². The lowest BCUT2D eigenvalue weighted by Gasteiger charge is -2.06. The number of carbonyl (C=O) groups excluding carboxylic acids is 1. The Morgan fingerprint density at radius 2 is 2.09 bits per heavy atom. The Bertz CT molecular complexity index is 949. The molecule has 0 spiro atoms. The number of rotatable bonds is 4. The second-order valence-corrected chi connectivity index (χ2v) is 6.26. The molecule has 0 saturated carbocycles. The third-order valence-corrected chi connectivity index (χ3v) is 3.99. The molecular weight excluding hydrogens is 312 g/mol. The lowest BCUT2D eigenvalue weighted by Crippen LogP contribution is -2.08. The monoisotopic (exact) mass is 326 g/mol. The molecule has 0 fully saturated rings. The first kappa shape index (κ1) is 15.2. The Kier molecular flexibility index (Phi) is 4.12. The molecule has 0 bridgehead atoms. The molecule has 1 heterocycles. The highest BCUT2D eigenvalue weighted by atomic mass is 32.1. The number of benzene rings is 2. The number of ether oxygens (including phenoxy) is 1. The Morgan fingerprint density at radius 1 is 1.26 bits per heavy atom. The van der Waals surface area contributed by atoms with E-state index in [0.717, 1.165) is 27.2 Å². The molecule has 4 nitrogen and oxygen atoms in total. The molecule has 3 aromatic rings.